The van der Waals surface area contributed by atoms with E-state index >= 15 is 0 Å². The zero-order chi connectivity index (χ0) is 14.0. The fourth-order valence-electron chi connectivity index (χ4n) is 3.29. The number of methoxy groups -OCH3 is 1. The van der Waals surface area contributed by atoms with Crippen molar-refractivity contribution in [2.45, 2.75) is 45.4 Å². The van der Waals surface area contributed by atoms with Gasteiger partial charge in [0.25, 0.3) is 0 Å². The van der Waals surface area contributed by atoms with Gasteiger partial charge in [0, 0.05) is 12.0 Å². The molecule has 5 atom stereocenters. The third-order valence-electron chi connectivity index (χ3n) is 4.46. The second-order valence-electron chi connectivity index (χ2n) is 5.66. The second-order valence-corrected chi connectivity index (χ2v) is 5.66. The van der Waals surface area contributed by atoms with Crippen LogP contribution in [0.5, 0.6) is 5.75 Å². The van der Waals surface area contributed by atoms with Gasteiger partial charge >= 0.3 is 0 Å². The van der Waals surface area contributed by atoms with E-state index in [9.17, 15) is 0 Å². The van der Waals surface area contributed by atoms with Gasteiger partial charge in [-0.05, 0) is 37.8 Å². The number of rotatable bonds is 4. The van der Waals surface area contributed by atoms with Gasteiger partial charge in [0.15, 0.2) is 0 Å². The van der Waals surface area contributed by atoms with Crippen LogP contribution in [0, 0.1) is 11.8 Å². The molecule has 0 saturated carbocycles. The van der Waals surface area contributed by atoms with Crippen LogP contribution in [0.2, 0.25) is 0 Å². The van der Waals surface area contributed by atoms with Gasteiger partial charge < -0.3 is 15.2 Å². The first-order chi connectivity index (χ1) is 9.04. The molecule has 0 spiro atoms. The predicted molar refractivity (Wildman–Crippen MR) is 77.3 cm³/mol. The van der Waals surface area contributed by atoms with Crippen LogP contribution < -0.4 is 10.5 Å². The van der Waals surface area contributed by atoms with E-state index < -0.39 is 0 Å². The summed E-state index contributed by atoms with van der Waals surface area (Å²) in [6.45, 7) is 6.50. The Bertz CT molecular complexity index is 421. The van der Waals surface area contributed by atoms with Gasteiger partial charge in [-0.1, -0.05) is 25.1 Å². The van der Waals surface area contributed by atoms with Gasteiger partial charge in [-0.25, -0.2) is 0 Å². The Hall–Kier alpha value is -1.06. The smallest absolute Gasteiger partial charge is 0.122 e. The van der Waals surface area contributed by atoms with E-state index in [0.29, 0.717) is 17.9 Å². The molecule has 1 fully saturated rings. The molecule has 0 amide bonds. The van der Waals surface area contributed by atoms with Crippen LogP contribution >= 0.6 is 0 Å². The molecule has 5 unspecified atom stereocenters. The molecule has 106 valence electrons. The summed E-state index contributed by atoms with van der Waals surface area (Å²) in [6.07, 6.45) is 1.36. The summed E-state index contributed by atoms with van der Waals surface area (Å²) in [5, 5.41) is 0. The quantitative estimate of drug-likeness (QED) is 0.908. The van der Waals surface area contributed by atoms with Gasteiger partial charge in [-0.2, -0.15) is 0 Å². The van der Waals surface area contributed by atoms with Gasteiger partial charge in [0.1, 0.15) is 5.75 Å². The summed E-state index contributed by atoms with van der Waals surface area (Å²) in [7, 11) is 1.70. The summed E-state index contributed by atoms with van der Waals surface area (Å²) in [4.78, 5) is 0. The zero-order valence-electron chi connectivity index (χ0n) is 12.3. The minimum atomic E-state index is 0.103. The maximum Gasteiger partial charge on any atom is 0.122 e. The van der Waals surface area contributed by atoms with E-state index in [1.165, 1.54) is 5.56 Å². The fourth-order valence-corrected chi connectivity index (χ4v) is 3.29. The molecule has 0 aromatic heterocycles. The summed E-state index contributed by atoms with van der Waals surface area (Å²) in [6, 6.07) is 8.20. The Morgan fingerprint density at radius 3 is 2.47 bits per heavy atom. The minimum absolute atomic E-state index is 0.103. The lowest BCUT2D eigenvalue weighted by molar-refractivity contribution is 0.0490. The third-order valence-corrected chi connectivity index (χ3v) is 4.46. The molecule has 1 aliphatic heterocycles. The van der Waals surface area contributed by atoms with Crippen molar-refractivity contribution in [1.29, 1.82) is 0 Å². The van der Waals surface area contributed by atoms with Crippen LogP contribution in [-0.4, -0.2) is 25.4 Å². The van der Waals surface area contributed by atoms with Crippen molar-refractivity contribution in [2.24, 2.45) is 17.6 Å². The average molecular weight is 263 g/mol. The molecule has 1 aromatic rings. The molecular weight excluding hydrogens is 238 g/mol. The van der Waals surface area contributed by atoms with E-state index in [0.717, 1.165) is 12.2 Å². The van der Waals surface area contributed by atoms with Gasteiger partial charge in [0.05, 0.1) is 19.3 Å². The lowest BCUT2D eigenvalue weighted by atomic mass is 9.81. The fraction of sp³-hybridized carbons (Fsp3) is 0.625. The number of benzene rings is 1. The third kappa shape index (κ3) is 2.93. The Morgan fingerprint density at radius 2 is 1.89 bits per heavy atom. The van der Waals surface area contributed by atoms with Crippen molar-refractivity contribution >= 4 is 0 Å². The van der Waals surface area contributed by atoms with Crippen molar-refractivity contribution < 1.29 is 9.47 Å². The monoisotopic (exact) mass is 263 g/mol. The molecular formula is C16H25NO2. The first-order valence-corrected chi connectivity index (χ1v) is 7.07. The van der Waals surface area contributed by atoms with E-state index in [1.807, 2.05) is 18.2 Å². The summed E-state index contributed by atoms with van der Waals surface area (Å²) in [5.41, 5.74) is 7.62. The molecule has 0 radical (unpaired) electrons. The van der Waals surface area contributed by atoms with E-state index in [2.05, 4.69) is 26.8 Å². The van der Waals surface area contributed by atoms with Crippen molar-refractivity contribution in [3.05, 3.63) is 29.8 Å². The molecule has 19 heavy (non-hydrogen) atoms. The number of hydrogen-bond acceptors (Lipinski definition) is 3. The molecule has 0 aliphatic carbocycles. The Balaban J connectivity index is 2.10. The highest BCUT2D eigenvalue weighted by Gasteiger charge is 2.40. The molecule has 0 bridgehead atoms. The highest BCUT2D eigenvalue weighted by atomic mass is 16.5. The molecule has 3 heteroatoms. The maximum absolute atomic E-state index is 6.44. The highest BCUT2D eigenvalue weighted by molar-refractivity contribution is 5.34. The van der Waals surface area contributed by atoms with Crippen LogP contribution in [-0.2, 0) is 11.2 Å². The van der Waals surface area contributed by atoms with E-state index in [1.54, 1.807) is 7.11 Å². The van der Waals surface area contributed by atoms with Gasteiger partial charge in [0.2, 0.25) is 0 Å². The lowest BCUT2D eigenvalue weighted by Gasteiger charge is -2.26. The van der Waals surface area contributed by atoms with Crippen molar-refractivity contribution in [3.63, 3.8) is 0 Å². The number of para-hydroxylation sites is 1. The Labute approximate surface area is 116 Å². The van der Waals surface area contributed by atoms with Crippen LogP contribution in [0.4, 0.5) is 0 Å². The SMILES string of the molecule is COc1ccccc1CC(N)C1C(C)OC(C)C1C. The van der Waals surface area contributed by atoms with Crippen LogP contribution in [0.3, 0.4) is 0 Å². The minimum Gasteiger partial charge on any atom is -0.496 e. The molecule has 1 saturated heterocycles. The van der Waals surface area contributed by atoms with Crippen LogP contribution in [0.1, 0.15) is 26.3 Å². The van der Waals surface area contributed by atoms with Crippen LogP contribution in [0.15, 0.2) is 24.3 Å². The molecule has 1 heterocycles. The molecule has 1 aromatic carbocycles. The Morgan fingerprint density at radius 1 is 1.21 bits per heavy atom. The summed E-state index contributed by atoms with van der Waals surface area (Å²) >= 11 is 0. The molecule has 1 aliphatic rings. The van der Waals surface area contributed by atoms with Gasteiger partial charge in [-0.15, -0.1) is 0 Å². The number of ether oxygens (including phenoxy) is 2. The predicted octanol–water partition coefficient (Wildman–Crippen LogP) is 2.62. The van der Waals surface area contributed by atoms with E-state index in [-0.39, 0.29) is 12.1 Å². The molecule has 3 nitrogen and oxygen atoms in total. The van der Waals surface area contributed by atoms with Gasteiger partial charge in [-0.3, -0.25) is 0 Å². The second kappa shape index (κ2) is 5.93. The van der Waals surface area contributed by atoms with Crippen molar-refractivity contribution in [1.82, 2.24) is 0 Å². The molecule has 2 N–H and O–H groups in total. The average Bonchev–Trinajstić information content (AvgIpc) is 2.64. The van der Waals surface area contributed by atoms with Crippen LogP contribution in [0.25, 0.3) is 0 Å². The number of nitrogens with two attached hydrogens (primary N) is 1. The first kappa shape index (κ1) is 14.4. The Kier molecular flexibility index (Phi) is 4.48. The van der Waals surface area contributed by atoms with Crippen molar-refractivity contribution in [2.75, 3.05) is 7.11 Å². The first-order valence-electron chi connectivity index (χ1n) is 7.07. The topological polar surface area (TPSA) is 44.5 Å². The highest BCUT2D eigenvalue weighted by Crippen LogP contribution is 2.35. The van der Waals surface area contributed by atoms with Crippen molar-refractivity contribution in [3.8, 4) is 5.75 Å². The lowest BCUT2D eigenvalue weighted by Crippen LogP contribution is -2.39. The molecule has 2 rings (SSSR count). The summed E-state index contributed by atoms with van der Waals surface area (Å²) < 4.78 is 11.3. The standard InChI is InChI=1S/C16H25NO2/c1-10-11(2)19-12(3)16(10)14(17)9-13-7-5-6-8-15(13)18-4/h5-8,10-12,14,16H,9,17H2,1-4H3. The maximum atomic E-state index is 6.44. The van der Waals surface area contributed by atoms with E-state index in [4.69, 9.17) is 15.2 Å². The normalized spacial score (nSPS) is 32.3. The largest absolute Gasteiger partial charge is 0.496 e. The zero-order valence-corrected chi connectivity index (χ0v) is 12.3. The number of hydrogen-bond donors (Lipinski definition) is 1. The summed E-state index contributed by atoms with van der Waals surface area (Å²) in [5.74, 6) is 1.82.